The van der Waals surface area contributed by atoms with Crippen LogP contribution in [0.5, 0.6) is 11.6 Å². The van der Waals surface area contributed by atoms with Gasteiger partial charge < -0.3 is 10.1 Å². The SMILES string of the molecule is CNC(=O)c1ccc2c(Oc3ccc(C(=O)Cl)cn3)cccc2c1. The van der Waals surface area contributed by atoms with Crippen LogP contribution >= 0.6 is 11.6 Å². The Bertz CT molecular complexity index is 923. The number of halogens is 1. The first-order valence-corrected chi connectivity index (χ1v) is 7.55. The van der Waals surface area contributed by atoms with Crippen molar-refractivity contribution in [1.29, 1.82) is 0 Å². The van der Waals surface area contributed by atoms with Crippen LogP contribution in [0.2, 0.25) is 0 Å². The smallest absolute Gasteiger partial charge is 0.253 e. The highest BCUT2D eigenvalue weighted by molar-refractivity contribution is 6.67. The predicted octanol–water partition coefficient (Wildman–Crippen LogP) is 3.77. The molecule has 1 aromatic heterocycles. The zero-order valence-electron chi connectivity index (χ0n) is 12.7. The summed E-state index contributed by atoms with van der Waals surface area (Å²) in [5, 5.41) is 3.76. The fourth-order valence-corrected chi connectivity index (χ4v) is 2.41. The van der Waals surface area contributed by atoms with E-state index < -0.39 is 5.24 Å². The first kappa shape index (κ1) is 16.0. The van der Waals surface area contributed by atoms with E-state index in [1.54, 1.807) is 31.3 Å². The second kappa shape index (κ2) is 6.68. The number of fused-ring (bicyclic) bond motifs is 1. The molecule has 0 unspecified atom stereocenters. The van der Waals surface area contributed by atoms with Gasteiger partial charge in [-0.1, -0.05) is 12.1 Å². The van der Waals surface area contributed by atoms with E-state index in [4.69, 9.17) is 16.3 Å². The largest absolute Gasteiger partial charge is 0.438 e. The molecule has 0 spiro atoms. The minimum Gasteiger partial charge on any atom is -0.438 e. The van der Waals surface area contributed by atoms with Gasteiger partial charge in [-0.15, -0.1) is 0 Å². The maximum atomic E-state index is 11.7. The average molecular weight is 341 g/mol. The number of carbonyl (C=O) groups excluding carboxylic acids is 2. The molecule has 3 rings (SSSR count). The van der Waals surface area contributed by atoms with Gasteiger partial charge in [0.1, 0.15) is 5.75 Å². The Kier molecular flexibility index (Phi) is 4.44. The molecule has 1 N–H and O–H groups in total. The molecule has 0 aliphatic carbocycles. The molecule has 0 radical (unpaired) electrons. The molecule has 0 atom stereocenters. The lowest BCUT2D eigenvalue weighted by Gasteiger charge is -2.09. The second-order valence-corrected chi connectivity index (χ2v) is 5.38. The van der Waals surface area contributed by atoms with Crippen molar-refractivity contribution in [1.82, 2.24) is 10.3 Å². The van der Waals surface area contributed by atoms with E-state index in [2.05, 4.69) is 10.3 Å². The van der Waals surface area contributed by atoms with E-state index in [-0.39, 0.29) is 5.91 Å². The summed E-state index contributed by atoms with van der Waals surface area (Å²) in [6, 6.07) is 14.0. The van der Waals surface area contributed by atoms with Crippen LogP contribution in [-0.4, -0.2) is 23.2 Å². The summed E-state index contributed by atoms with van der Waals surface area (Å²) in [6.07, 6.45) is 1.36. The number of ether oxygens (including phenoxy) is 1. The molecule has 24 heavy (non-hydrogen) atoms. The Hall–Kier alpha value is -2.92. The van der Waals surface area contributed by atoms with Gasteiger partial charge in [0.2, 0.25) is 5.88 Å². The molecule has 5 nitrogen and oxygen atoms in total. The van der Waals surface area contributed by atoms with Gasteiger partial charge >= 0.3 is 0 Å². The van der Waals surface area contributed by atoms with Crippen molar-refractivity contribution < 1.29 is 14.3 Å². The van der Waals surface area contributed by atoms with E-state index in [0.717, 1.165) is 10.8 Å². The summed E-state index contributed by atoms with van der Waals surface area (Å²) in [6.45, 7) is 0. The summed E-state index contributed by atoms with van der Waals surface area (Å²) >= 11 is 5.39. The van der Waals surface area contributed by atoms with Crippen LogP contribution in [0.15, 0.2) is 54.7 Å². The number of hydrogen-bond acceptors (Lipinski definition) is 4. The van der Waals surface area contributed by atoms with Crippen molar-refractivity contribution in [2.45, 2.75) is 0 Å². The van der Waals surface area contributed by atoms with Crippen molar-refractivity contribution in [2.24, 2.45) is 0 Å². The van der Waals surface area contributed by atoms with Crippen molar-refractivity contribution >= 4 is 33.5 Å². The Morgan fingerprint density at radius 1 is 1.08 bits per heavy atom. The maximum Gasteiger partial charge on any atom is 0.253 e. The number of pyridine rings is 1. The highest BCUT2D eigenvalue weighted by Gasteiger charge is 2.09. The van der Waals surface area contributed by atoms with Crippen LogP contribution < -0.4 is 10.1 Å². The Morgan fingerprint density at radius 2 is 1.88 bits per heavy atom. The lowest BCUT2D eigenvalue weighted by molar-refractivity contribution is 0.0962. The van der Waals surface area contributed by atoms with Crippen LogP contribution in [0.4, 0.5) is 0 Å². The lowest BCUT2D eigenvalue weighted by atomic mass is 10.1. The molecule has 0 bridgehead atoms. The normalized spacial score (nSPS) is 10.4. The number of aromatic nitrogens is 1. The third kappa shape index (κ3) is 3.21. The minimum absolute atomic E-state index is 0.147. The summed E-state index contributed by atoms with van der Waals surface area (Å²) in [5.74, 6) is 0.805. The zero-order valence-corrected chi connectivity index (χ0v) is 13.5. The average Bonchev–Trinajstić information content (AvgIpc) is 2.61. The highest BCUT2D eigenvalue weighted by Crippen LogP contribution is 2.29. The molecule has 0 fully saturated rings. The number of nitrogens with one attached hydrogen (secondary N) is 1. The van der Waals surface area contributed by atoms with Crippen molar-refractivity contribution in [3.8, 4) is 11.6 Å². The highest BCUT2D eigenvalue weighted by atomic mass is 35.5. The van der Waals surface area contributed by atoms with Crippen LogP contribution in [0.25, 0.3) is 10.8 Å². The summed E-state index contributed by atoms with van der Waals surface area (Å²) < 4.78 is 5.79. The summed E-state index contributed by atoms with van der Waals surface area (Å²) in [7, 11) is 1.59. The Morgan fingerprint density at radius 3 is 2.54 bits per heavy atom. The van der Waals surface area contributed by atoms with Crippen LogP contribution in [0, 0.1) is 0 Å². The predicted molar refractivity (Wildman–Crippen MR) is 91.8 cm³/mol. The van der Waals surface area contributed by atoms with E-state index >= 15 is 0 Å². The van der Waals surface area contributed by atoms with Crippen LogP contribution in [0.1, 0.15) is 20.7 Å². The van der Waals surface area contributed by atoms with Crippen molar-refractivity contribution in [3.63, 3.8) is 0 Å². The first-order valence-electron chi connectivity index (χ1n) is 7.17. The van der Waals surface area contributed by atoms with Crippen molar-refractivity contribution in [2.75, 3.05) is 7.05 Å². The number of benzene rings is 2. The quantitative estimate of drug-likeness (QED) is 0.734. The van der Waals surface area contributed by atoms with Crippen LogP contribution in [0.3, 0.4) is 0 Å². The lowest BCUT2D eigenvalue weighted by Crippen LogP contribution is -2.17. The number of carbonyl (C=O) groups is 2. The Labute approximate surface area is 143 Å². The molecular weight excluding hydrogens is 328 g/mol. The fraction of sp³-hybridized carbons (Fsp3) is 0.0556. The van der Waals surface area contributed by atoms with E-state index in [1.165, 1.54) is 6.20 Å². The molecule has 0 saturated heterocycles. The summed E-state index contributed by atoms with van der Waals surface area (Å²) in [5.41, 5.74) is 0.877. The molecule has 2 aromatic carbocycles. The second-order valence-electron chi connectivity index (χ2n) is 5.03. The van der Waals surface area contributed by atoms with Gasteiger partial charge in [0.25, 0.3) is 11.1 Å². The van der Waals surface area contributed by atoms with Gasteiger partial charge in [0.15, 0.2) is 0 Å². The number of nitrogens with zero attached hydrogens (tertiary/aromatic N) is 1. The number of amides is 1. The standard InChI is InChI=1S/C18H13ClN2O3/c1-20-18(23)12-5-7-14-11(9-12)3-2-4-15(14)24-16-8-6-13(10-21-16)17(19)22/h2-10H,1H3,(H,20,23). The fourth-order valence-electron chi connectivity index (χ4n) is 2.30. The third-order valence-electron chi connectivity index (χ3n) is 3.51. The van der Waals surface area contributed by atoms with Gasteiger partial charge in [-0.25, -0.2) is 4.98 Å². The molecule has 120 valence electrons. The molecular formula is C18H13ClN2O3. The van der Waals surface area contributed by atoms with E-state index in [0.29, 0.717) is 22.8 Å². The monoisotopic (exact) mass is 340 g/mol. The van der Waals surface area contributed by atoms with Crippen molar-refractivity contribution in [3.05, 3.63) is 65.9 Å². The van der Waals surface area contributed by atoms with Crippen LogP contribution in [-0.2, 0) is 0 Å². The molecule has 3 aromatic rings. The van der Waals surface area contributed by atoms with E-state index in [9.17, 15) is 9.59 Å². The Balaban J connectivity index is 1.94. The molecule has 0 aliphatic rings. The van der Waals surface area contributed by atoms with E-state index in [1.807, 2.05) is 24.3 Å². The summed E-state index contributed by atoms with van der Waals surface area (Å²) in [4.78, 5) is 26.9. The number of rotatable bonds is 4. The molecule has 1 amide bonds. The van der Waals surface area contributed by atoms with Gasteiger partial charge in [-0.3, -0.25) is 9.59 Å². The molecule has 6 heteroatoms. The minimum atomic E-state index is -0.569. The molecule has 1 heterocycles. The maximum absolute atomic E-state index is 11.7. The third-order valence-corrected chi connectivity index (χ3v) is 3.73. The topological polar surface area (TPSA) is 68.3 Å². The zero-order chi connectivity index (χ0) is 17.1. The van der Waals surface area contributed by atoms with Gasteiger partial charge in [0.05, 0.1) is 5.56 Å². The molecule has 0 saturated carbocycles. The van der Waals surface area contributed by atoms with Gasteiger partial charge in [-0.05, 0) is 47.3 Å². The first-order chi connectivity index (χ1) is 11.6. The van der Waals surface area contributed by atoms with Gasteiger partial charge in [0, 0.05) is 30.3 Å². The number of hydrogen-bond donors (Lipinski definition) is 1. The molecule has 0 aliphatic heterocycles. The van der Waals surface area contributed by atoms with Gasteiger partial charge in [-0.2, -0.15) is 0 Å².